The Kier molecular flexibility index (Phi) is 5.06. The Balaban J connectivity index is 1.83. The van der Waals surface area contributed by atoms with Crippen LogP contribution >= 0.6 is 0 Å². The number of halogens is 4. The van der Waals surface area contributed by atoms with Crippen molar-refractivity contribution in [2.45, 2.75) is 13.5 Å². The van der Waals surface area contributed by atoms with E-state index in [-0.39, 0.29) is 23.8 Å². The summed E-state index contributed by atoms with van der Waals surface area (Å²) in [4.78, 5) is 11.7. The van der Waals surface area contributed by atoms with E-state index in [1.165, 1.54) is 0 Å². The molecule has 0 aliphatic rings. The van der Waals surface area contributed by atoms with Crippen molar-refractivity contribution < 1.29 is 22.3 Å². The number of ether oxygens (including phenoxy) is 1. The summed E-state index contributed by atoms with van der Waals surface area (Å²) in [6.45, 7) is 1.27. The number of nitrogens with zero attached hydrogens (tertiary/aromatic N) is 3. The van der Waals surface area contributed by atoms with Crippen molar-refractivity contribution in [3.8, 4) is 5.75 Å². The van der Waals surface area contributed by atoms with Crippen molar-refractivity contribution in [1.29, 1.82) is 0 Å². The lowest BCUT2D eigenvalue weighted by Crippen LogP contribution is -2.11. The van der Waals surface area contributed by atoms with Crippen LogP contribution in [0.3, 0.4) is 0 Å². The third kappa shape index (κ3) is 4.05. The van der Waals surface area contributed by atoms with Gasteiger partial charge in [0.05, 0.1) is 0 Å². The topological polar surface area (TPSA) is 86.0 Å². The van der Waals surface area contributed by atoms with Crippen LogP contribution in [0.4, 0.5) is 35.1 Å². The number of para-hydroxylation sites is 1. The first-order valence-corrected chi connectivity index (χ1v) is 7.64. The Bertz CT molecular complexity index is 973. The number of nitrogen functional groups attached to an aromatic ring is 1. The number of nitrogens with one attached hydrogen (secondary N) is 1. The second kappa shape index (κ2) is 7.44. The molecule has 0 fully saturated rings. The van der Waals surface area contributed by atoms with Gasteiger partial charge in [0.1, 0.15) is 6.61 Å². The zero-order chi connectivity index (χ0) is 19.6. The summed E-state index contributed by atoms with van der Waals surface area (Å²) in [6.07, 6.45) is 0. The number of hydrogen-bond donors (Lipinski definition) is 2. The first-order chi connectivity index (χ1) is 12.8. The van der Waals surface area contributed by atoms with Crippen LogP contribution in [0.5, 0.6) is 5.75 Å². The van der Waals surface area contributed by atoms with Gasteiger partial charge in [0.15, 0.2) is 23.2 Å². The van der Waals surface area contributed by atoms with Crippen LogP contribution in [-0.2, 0) is 6.61 Å². The SMILES string of the molecule is Cc1ccccc1Nc1nc(N)nc(COc2c(F)c(F)cc(F)c2F)n1. The number of hydrogen-bond acceptors (Lipinski definition) is 6. The molecular weight excluding hydrogens is 366 g/mol. The van der Waals surface area contributed by atoms with E-state index in [0.717, 1.165) is 5.56 Å². The van der Waals surface area contributed by atoms with E-state index >= 15 is 0 Å². The monoisotopic (exact) mass is 379 g/mol. The van der Waals surface area contributed by atoms with E-state index in [9.17, 15) is 17.6 Å². The van der Waals surface area contributed by atoms with Crippen LogP contribution in [0.25, 0.3) is 0 Å². The average molecular weight is 379 g/mol. The van der Waals surface area contributed by atoms with Crippen molar-refractivity contribution in [1.82, 2.24) is 15.0 Å². The van der Waals surface area contributed by atoms with E-state index in [1.54, 1.807) is 12.1 Å². The van der Waals surface area contributed by atoms with Crippen LogP contribution in [-0.4, -0.2) is 15.0 Å². The molecule has 3 rings (SSSR count). The molecule has 0 amide bonds. The second-order valence-electron chi connectivity index (χ2n) is 5.46. The van der Waals surface area contributed by atoms with Crippen LogP contribution in [0.15, 0.2) is 30.3 Å². The molecule has 10 heteroatoms. The van der Waals surface area contributed by atoms with Gasteiger partial charge in [-0.05, 0) is 18.6 Å². The van der Waals surface area contributed by atoms with Gasteiger partial charge >= 0.3 is 0 Å². The maximum atomic E-state index is 13.6. The molecule has 0 unspecified atom stereocenters. The van der Waals surface area contributed by atoms with Gasteiger partial charge in [-0.3, -0.25) is 0 Å². The number of aromatic nitrogens is 3. The molecule has 0 aliphatic carbocycles. The quantitative estimate of drug-likeness (QED) is 0.520. The van der Waals surface area contributed by atoms with Gasteiger partial charge in [-0.25, -0.2) is 8.78 Å². The molecule has 27 heavy (non-hydrogen) atoms. The van der Waals surface area contributed by atoms with Crippen molar-refractivity contribution in [2.75, 3.05) is 11.1 Å². The van der Waals surface area contributed by atoms with Crippen LogP contribution in [0.1, 0.15) is 11.4 Å². The normalized spacial score (nSPS) is 10.7. The third-order valence-corrected chi connectivity index (χ3v) is 3.51. The molecule has 1 aromatic heterocycles. The Morgan fingerprint density at radius 3 is 2.33 bits per heavy atom. The molecule has 1 heterocycles. The van der Waals surface area contributed by atoms with Crippen molar-refractivity contribution in [3.63, 3.8) is 0 Å². The minimum absolute atomic E-state index is 0.0711. The summed E-state index contributed by atoms with van der Waals surface area (Å²) in [7, 11) is 0. The van der Waals surface area contributed by atoms with Crippen molar-refractivity contribution in [3.05, 3.63) is 65.0 Å². The lowest BCUT2D eigenvalue weighted by molar-refractivity contribution is 0.254. The minimum atomic E-state index is -1.66. The molecule has 0 saturated carbocycles. The Labute approximate surface area is 151 Å². The van der Waals surface area contributed by atoms with Gasteiger partial charge in [0, 0.05) is 11.8 Å². The van der Waals surface area contributed by atoms with Gasteiger partial charge in [-0.2, -0.15) is 23.7 Å². The molecule has 6 nitrogen and oxygen atoms in total. The summed E-state index contributed by atoms with van der Waals surface area (Å²) < 4.78 is 58.6. The molecule has 140 valence electrons. The first kappa shape index (κ1) is 18.4. The highest BCUT2D eigenvalue weighted by Gasteiger charge is 2.21. The lowest BCUT2D eigenvalue weighted by Gasteiger charge is -2.11. The van der Waals surface area contributed by atoms with E-state index in [2.05, 4.69) is 20.3 Å². The number of benzene rings is 2. The Morgan fingerprint density at radius 1 is 1.00 bits per heavy atom. The van der Waals surface area contributed by atoms with Gasteiger partial charge in [0.25, 0.3) is 0 Å². The highest BCUT2D eigenvalue weighted by molar-refractivity contribution is 5.58. The second-order valence-corrected chi connectivity index (χ2v) is 5.46. The zero-order valence-corrected chi connectivity index (χ0v) is 13.9. The molecule has 0 spiro atoms. The van der Waals surface area contributed by atoms with Crippen LogP contribution in [0.2, 0.25) is 0 Å². The molecule has 3 aromatic rings. The fourth-order valence-electron chi connectivity index (χ4n) is 2.21. The molecule has 0 saturated heterocycles. The van der Waals surface area contributed by atoms with Crippen molar-refractivity contribution >= 4 is 17.6 Å². The van der Waals surface area contributed by atoms with Gasteiger partial charge in [-0.1, -0.05) is 18.2 Å². The van der Waals surface area contributed by atoms with Gasteiger partial charge in [0.2, 0.25) is 23.5 Å². The average Bonchev–Trinajstić information content (AvgIpc) is 2.61. The molecule has 0 atom stereocenters. The lowest BCUT2D eigenvalue weighted by atomic mass is 10.2. The summed E-state index contributed by atoms with van der Waals surface area (Å²) in [5.41, 5.74) is 7.22. The summed E-state index contributed by atoms with van der Waals surface area (Å²) in [5.74, 6) is -7.89. The number of nitrogens with two attached hydrogens (primary N) is 1. The molecular formula is C17H13F4N5O. The standard InChI is InChI=1S/C17H13F4N5O/c1-8-4-2-3-5-11(8)23-17-25-12(24-16(22)26-17)7-27-15-13(20)9(18)6-10(19)14(15)21/h2-6H,7H2,1H3,(H3,22,23,24,25,26). The molecule has 3 N–H and O–H groups in total. The van der Waals surface area contributed by atoms with E-state index in [4.69, 9.17) is 10.5 Å². The first-order valence-electron chi connectivity index (χ1n) is 7.64. The van der Waals surface area contributed by atoms with Crippen molar-refractivity contribution in [2.24, 2.45) is 0 Å². The fraction of sp³-hybridized carbons (Fsp3) is 0.118. The smallest absolute Gasteiger partial charge is 0.232 e. The highest BCUT2D eigenvalue weighted by Crippen LogP contribution is 2.27. The molecule has 2 aromatic carbocycles. The van der Waals surface area contributed by atoms with E-state index in [0.29, 0.717) is 5.69 Å². The largest absolute Gasteiger partial charge is 0.479 e. The summed E-state index contributed by atoms with van der Waals surface area (Å²) >= 11 is 0. The van der Waals surface area contributed by atoms with E-state index in [1.807, 2.05) is 19.1 Å². The third-order valence-electron chi connectivity index (χ3n) is 3.51. The molecule has 0 bridgehead atoms. The van der Waals surface area contributed by atoms with Crippen LogP contribution in [0, 0.1) is 30.2 Å². The molecule has 0 radical (unpaired) electrons. The minimum Gasteiger partial charge on any atom is -0.479 e. The zero-order valence-electron chi connectivity index (χ0n) is 13.9. The summed E-state index contributed by atoms with van der Waals surface area (Å²) in [6, 6.07) is 7.38. The summed E-state index contributed by atoms with van der Waals surface area (Å²) in [5, 5.41) is 2.93. The van der Waals surface area contributed by atoms with Gasteiger partial charge < -0.3 is 15.8 Å². The maximum absolute atomic E-state index is 13.6. The Hall–Kier alpha value is -3.43. The number of anilines is 3. The number of rotatable bonds is 5. The predicted molar refractivity (Wildman–Crippen MR) is 89.3 cm³/mol. The van der Waals surface area contributed by atoms with Crippen LogP contribution < -0.4 is 15.8 Å². The molecule has 0 aliphatic heterocycles. The van der Waals surface area contributed by atoms with E-state index < -0.39 is 35.6 Å². The Morgan fingerprint density at radius 2 is 1.67 bits per heavy atom. The predicted octanol–water partition coefficient (Wildman–Crippen LogP) is 3.64. The number of aryl methyl sites for hydroxylation is 1. The maximum Gasteiger partial charge on any atom is 0.232 e. The highest BCUT2D eigenvalue weighted by atomic mass is 19.2. The fourth-order valence-corrected chi connectivity index (χ4v) is 2.21. The van der Waals surface area contributed by atoms with Gasteiger partial charge in [-0.15, -0.1) is 0 Å².